The van der Waals surface area contributed by atoms with Gasteiger partial charge in [0.2, 0.25) is 5.91 Å². The van der Waals surface area contributed by atoms with E-state index >= 15 is 0 Å². The fourth-order valence-corrected chi connectivity index (χ4v) is 4.51. The van der Waals surface area contributed by atoms with Gasteiger partial charge in [0.15, 0.2) is 11.0 Å². The summed E-state index contributed by atoms with van der Waals surface area (Å²) in [6.45, 7) is 2.05. The molecule has 0 atom stereocenters. The van der Waals surface area contributed by atoms with Gasteiger partial charge in [-0.05, 0) is 59.3 Å². The molecule has 0 spiro atoms. The number of aromatic nitrogens is 3. The van der Waals surface area contributed by atoms with Gasteiger partial charge in [-0.2, -0.15) is 0 Å². The van der Waals surface area contributed by atoms with E-state index in [0.29, 0.717) is 10.8 Å². The Balaban J connectivity index is 1.60. The number of carbonyl (C=O) groups is 1. The number of hydrogen-bond donors (Lipinski definition) is 1. The Morgan fingerprint density at radius 2 is 1.81 bits per heavy atom. The Kier molecular flexibility index (Phi) is 6.89. The van der Waals surface area contributed by atoms with E-state index in [1.54, 1.807) is 0 Å². The zero-order chi connectivity index (χ0) is 21.8. The molecule has 0 bridgehead atoms. The molecule has 156 valence electrons. The molecule has 1 N–H and O–H groups in total. The third-order valence-electron chi connectivity index (χ3n) is 4.46. The second kappa shape index (κ2) is 9.80. The van der Waals surface area contributed by atoms with Crippen molar-refractivity contribution in [3.05, 3.63) is 87.3 Å². The molecule has 4 rings (SSSR count). The number of para-hydroxylation sites is 1. The molecule has 31 heavy (non-hydrogen) atoms. The number of halogens is 2. The second-order valence-electron chi connectivity index (χ2n) is 6.81. The number of benzene rings is 3. The van der Waals surface area contributed by atoms with Crippen molar-refractivity contribution in [3.63, 3.8) is 0 Å². The van der Waals surface area contributed by atoms with Gasteiger partial charge in [0, 0.05) is 20.2 Å². The van der Waals surface area contributed by atoms with Gasteiger partial charge in [0.25, 0.3) is 0 Å². The molecule has 0 aliphatic carbocycles. The van der Waals surface area contributed by atoms with Gasteiger partial charge < -0.3 is 5.32 Å². The molecule has 5 nitrogen and oxygen atoms in total. The first-order valence-electron chi connectivity index (χ1n) is 9.47. The first kappa shape index (κ1) is 21.8. The highest BCUT2D eigenvalue weighted by Gasteiger charge is 2.17. The maximum atomic E-state index is 12.6. The van der Waals surface area contributed by atoms with Crippen molar-refractivity contribution in [2.24, 2.45) is 0 Å². The molecule has 1 amide bonds. The summed E-state index contributed by atoms with van der Waals surface area (Å²) in [5.41, 5.74) is 3.78. The van der Waals surface area contributed by atoms with Gasteiger partial charge >= 0.3 is 0 Å². The molecule has 0 saturated carbocycles. The molecule has 4 aromatic rings. The van der Waals surface area contributed by atoms with Crippen LogP contribution < -0.4 is 5.32 Å². The Bertz CT molecular complexity index is 1230. The fraction of sp³-hybridized carbons (Fsp3) is 0.0870. The fourth-order valence-electron chi connectivity index (χ4n) is 3.05. The van der Waals surface area contributed by atoms with Gasteiger partial charge in [-0.3, -0.25) is 9.36 Å². The number of amides is 1. The predicted molar refractivity (Wildman–Crippen MR) is 133 cm³/mol. The highest BCUT2D eigenvalue weighted by Crippen LogP contribution is 2.29. The summed E-state index contributed by atoms with van der Waals surface area (Å²) in [6, 6.07) is 23.7. The minimum absolute atomic E-state index is 0.122. The Labute approximate surface area is 201 Å². The number of nitrogens with zero attached hydrogens (tertiary/aromatic N) is 3. The first-order valence-corrected chi connectivity index (χ1v) is 12.0. The van der Waals surface area contributed by atoms with Crippen LogP contribution in [0, 0.1) is 6.92 Å². The van der Waals surface area contributed by atoms with Crippen LogP contribution in [0.1, 0.15) is 5.56 Å². The molecule has 1 aromatic heterocycles. The van der Waals surface area contributed by atoms with Crippen LogP contribution in [-0.4, -0.2) is 26.4 Å². The van der Waals surface area contributed by atoms with E-state index in [1.165, 1.54) is 11.8 Å². The SMILES string of the molecule is Cc1cccc(-c2nnc(SCC(=O)Nc3cc(Br)ccc3Br)n2-c2ccccc2)c1. The van der Waals surface area contributed by atoms with Crippen molar-refractivity contribution in [1.29, 1.82) is 0 Å². The summed E-state index contributed by atoms with van der Waals surface area (Å²) in [7, 11) is 0. The van der Waals surface area contributed by atoms with Gasteiger partial charge in [-0.1, -0.05) is 69.7 Å². The van der Waals surface area contributed by atoms with E-state index < -0.39 is 0 Å². The first-order chi connectivity index (χ1) is 15.0. The number of carbonyl (C=O) groups excluding carboxylic acids is 1. The Morgan fingerprint density at radius 1 is 1.00 bits per heavy atom. The molecular weight excluding hydrogens is 540 g/mol. The summed E-state index contributed by atoms with van der Waals surface area (Å²) in [4.78, 5) is 12.6. The monoisotopic (exact) mass is 556 g/mol. The number of hydrogen-bond acceptors (Lipinski definition) is 4. The highest BCUT2D eigenvalue weighted by atomic mass is 79.9. The van der Waals surface area contributed by atoms with Crippen LogP contribution >= 0.6 is 43.6 Å². The smallest absolute Gasteiger partial charge is 0.234 e. The number of thioether (sulfide) groups is 1. The van der Waals surface area contributed by atoms with Crippen LogP contribution in [0.15, 0.2) is 86.9 Å². The van der Waals surface area contributed by atoms with E-state index in [4.69, 9.17) is 0 Å². The van der Waals surface area contributed by atoms with Crippen molar-refractivity contribution in [1.82, 2.24) is 14.8 Å². The highest BCUT2D eigenvalue weighted by molar-refractivity contribution is 9.11. The van der Waals surface area contributed by atoms with Crippen molar-refractivity contribution in [2.45, 2.75) is 12.1 Å². The van der Waals surface area contributed by atoms with E-state index in [-0.39, 0.29) is 11.7 Å². The lowest BCUT2D eigenvalue weighted by Gasteiger charge is -2.11. The molecule has 3 aromatic carbocycles. The molecule has 1 heterocycles. The lowest BCUT2D eigenvalue weighted by molar-refractivity contribution is -0.113. The standard InChI is InChI=1S/C23H18Br2N4OS/c1-15-6-5-7-16(12-15)22-27-28-23(29(22)18-8-3-2-4-9-18)31-14-21(30)26-20-13-17(24)10-11-19(20)25/h2-13H,14H2,1H3,(H,26,30). The Hall–Kier alpha value is -2.42. The number of aryl methyl sites for hydroxylation is 1. The van der Waals surface area contributed by atoms with E-state index in [2.05, 4.69) is 53.4 Å². The topological polar surface area (TPSA) is 59.8 Å². The third kappa shape index (κ3) is 5.26. The number of nitrogens with one attached hydrogen (secondary N) is 1. The lowest BCUT2D eigenvalue weighted by Crippen LogP contribution is -2.15. The van der Waals surface area contributed by atoms with Gasteiger partial charge in [0.05, 0.1) is 11.4 Å². The largest absolute Gasteiger partial charge is 0.324 e. The summed E-state index contributed by atoms with van der Waals surface area (Å²) in [5, 5.41) is 12.4. The van der Waals surface area contributed by atoms with Crippen molar-refractivity contribution in [3.8, 4) is 17.1 Å². The number of rotatable bonds is 6. The van der Waals surface area contributed by atoms with Crippen molar-refractivity contribution in [2.75, 3.05) is 11.1 Å². The average molecular weight is 558 g/mol. The minimum Gasteiger partial charge on any atom is -0.324 e. The maximum absolute atomic E-state index is 12.6. The second-order valence-corrected chi connectivity index (χ2v) is 9.52. The van der Waals surface area contributed by atoms with Gasteiger partial charge in [-0.15, -0.1) is 10.2 Å². The van der Waals surface area contributed by atoms with Crippen LogP contribution in [0.3, 0.4) is 0 Å². The van der Waals surface area contributed by atoms with Crippen molar-refractivity contribution >= 4 is 55.2 Å². The van der Waals surface area contributed by atoms with Crippen LogP contribution in [0.5, 0.6) is 0 Å². The number of anilines is 1. The third-order valence-corrected chi connectivity index (χ3v) is 6.57. The minimum atomic E-state index is -0.122. The summed E-state index contributed by atoms with van der Waals surface area (Å²) < 4.78 is 3.70. The molecule has 0 fully saturated rings. The van der Waals surface area contributed by atoms with Crippen molar-refractivity contribution < 1.29 is 4.79 Å². The summed E-state index contributed by atoms with van der Waals surface area (Å²) >= 11 is 8.24. The van der Waals surface area contributed by atoms with Crippen LogP contribution in [0.4, 0.5) is 5.69 Å². The average Bonchev–Trinajstić information content (AvgIpc) is 3.19. The van der Waals surface area contributed by atoms with Gasteiger partial charge in [0.1, 0.15) is 0 Å². The zero-order valence-corrected chi connectivity index (χ0v) is 20.5. The maximum Gasteiger partial charge on any atom is 0.234 e. The lowest BCUT2D eigenvalue weighted by atomic mass is 10.1. The van der Waals surface area contributed by atoms with Gasteiger partial charge in [-0.25, -0.2) is 0 Å². The molecule has 0 unspecified atom stereocenters. The van der Waals surface area contributed by atoms with E-state index in [0.717, 1.165) is 31.6 Å². The molecular formula is C23H18Br2N4OS. The summed E-state index contributed by atoms with van der Waals surface area (Å²) in [5.74, 6) is 0.827. The molecule has 0 saturated heterocycles. The molecule has 0 aliphatic rings. The van der Waals surface area contributed by atoms with Crippen LogP contribution in [-0.2, 0) is 4.79 Å². The molecule has 0 radical (unpaired) electrons. The zero-order valence-electron chi connectivity index (χ0n) is 16.5. The predicted octanol–water partition coefficient (Wildman–Crippen LogP) is 6.50. The van der Waals surface area contributed by atoms with Crippen LogP contribution in [0.25, 0.3) is 17.1 Å². The van der Waals surface area contributed by atoms with E-state index in [9.17, 15) is 4.79 Å². The normalized spacial score (nSPS) is 10.8. The van der Waals surface area contributed by atoms with Crippen LogP contribution in [0.2, 0.25) is 0 Å². The summed E-state index contributed by atoms with van der Waals surface area (Å²) in [6.07, 6.45) is 0. The molecule has 0 aliphatic heterocycles. The van der Waals surface area contributed by atoms with E-state index in [1.807, 2.05) is 78.2 Å². The molecule has 8 heteroatoms. The quantitative estimate of drug-likeness (QED) is 0.275. The Morgan fingerprint density at radius 3 is 2.58 bits per heavy atom.